The van der Waals surface area contributed by atoms with Gasteiger partial charge in [0.1, 0.15) is 5.82 Å². The van der Waals surface area contributed by atoms with E-state index >= 15 is 0 Å². The summed E-state index contributed by atoms with van der Waals surface area (Å²) in [5.74, 6) is -0.967. The van der Waals surface area contributed by atoms with Crippen LogP contribution in [0.5, 0.6) is 11.8 Å². The molecule has 0 spiro atoms. The molecule has 4 rings (SSSR count). The number of morpholine rings is 1. The maximum absolute atomic E-state index is 14.6. The number of ether oxygens (including phenoxy) is 1. The lowest BCUT2D eigenvalue weighted by molar-refractivity contribution is 0.0554. The van der Waals surface area contributed by atoms with Gasteiger partial charge in [-0.2, -0.15) is 0 Å². The summed E-state index contributed by atoms with van der Waals surface area (Å²) in [6.45, 7) is 5.19. The quantitative estimate of drug-likeness (QED) is 0.769. The molecule has 0 aliphatic carbocycles. The van der Waals surface area contributed by atoms with Crippen molar-refractivity contribution in [1.82, 2.24) is 14.5 Å². The van der Waals surface area contributed by atoms with Gasteiger partial charge in [-0.1, -0.05) is 6.07 Å². The summed E-state index contributed by atoms with van der Waals surface area (Å²) in [7, 11) is 0. The molecule has 1 amide bonds. The van der Waals surface area contributed by atoms with Crippen LogP contribution >= 0.6 is 0 Å². The van der Waals surface area contributed by atoms with Gasteiger partial charge in [0.15, 0.2) is 0 Å². The molecule has 2 aliphatic heterocycles. The van der Waals surface area contributed by atoms with Crippen molar-refractivity contribution in [2.24, 2.45) is 0 Å². The SMILES string of the molecule is O=C(On1c(O)ccc1O)N1CCN(Cc2ccc(N3CCOCC3)cc2F)CC1. The number of amides is 1. The molecule has 2 N–H and O–H groups in total. The molecule has 0 bridgehead atoms. The van der Waals surface area contributed by atoms with E-state index in [4.69, 9.17) is 9.57 Å². The minimum absolute atomic E-state index is 0.237. The van der Waals surface area contributed by atoms with Crippen LogP contribution in [0.15, 0.2) is 30.3 Å². The van der Waals surface area contributed by atoms with Crippen molar-refractivity contribution in [3.8, 4) is 11.8 Å². The van der Waals surface area contributed by atoms with Gasteiger partial charge in [-0.15, -0.1) is 4.73 Å². The first kappa shape index (κ1) is 20.3. The first-order valence-electron chi connectivity index (χ1n) is 9.91. The molecular weight excluding hydrogens is 395 g/mol. The predicted molar refractivity (Wildman–Crippen MR) is 106 cm³/mol. The summed E-state index contributed by atoms with van der Waals surface area (Å²) in [5.41, 5.74) is 1.48. The minimum Gasteiger partial charge on any atom is -0.492 e. The van der Waals surface area contributed by atoms with Crippen LogP contribution in [0.4, 0.5) is 14.9 Å². The monoisotopic (exact) mass is 420 g/mol. The average Bonchev–Trinajstić information content (AvgIpc) is 3.08. The van der Waals surface area contributed by atoms with Gasteiger partial charge in [-0.25, -0.2) is 9.18 Å². The Morgan fingerprint density at radius 1 is 1.00 bits per heavy atom. The molecule has 1 aromatic heterocycles. The first-order chi connectivity index (χ1) is 14.5. The van der Waals surface area contributed by atoms with Gasteiger partial charge in [0.05, 0.1) is 13.2 Å². The fourth-order valence-corrected chi connectivity index (χ4v) is 3.64. The van der Waals surface area contributed by atoms with E-state index in [0.29, 0.717) is 56.2 Å². The largest absolute Gasteiger partial charge is 0.492 e. The molecule has 2 saturated heterocycles. The van der Waals surface area contributed by atoms with Crippen molar-refractivity contribution in [2.75, 3.05) is 57.4 Å². The summed E-state index contributed by atoms with van der Waals surface area (Å²) >= 11 is 0. The second kappa shape index (κ2) is 8.80. The number of halogens is 1. The zero-order valence-corrected chi connectivity index (χ0v) is 16.5. The Balaban J connectivity index is 1.30. The number of hydrogen-bond acceptors (Lipinski definition) is 7. The molecule has 2 fully saturated rings. The molecule has 2 aromatic rings. The highest BCUT2D eigenvalue weighted by Crippen LogP contribution is 2.22. The Morgan fingerprint density at radius 3 is 2.30 bits per heavy atom. The van der Waals surface area contributed by atoms with Gasteiger partial charge in [-0.05, 0) is 12.1 Å². The van der Waals surface area contributed by atoms with Crippen molar-refractivity contribution >= 4 is 11.8 Å². The van der Waals surface area contributed by atoms with Gasteiger partial charge in [0, 0.05) is 69.2 Å². The lowest BCUT2D eigenvalue weighted by Gasteiger charge is -2.34. The zero-order chi connectivity index (χ0) is 21.1. The number of anilines is 1. The number of carbonyl (C=O) groups excluding carboxylic acids is 1. The van der Waals surface area contributed by atoms with Crippen LogP contribution in [0.1, 0.15) is 5.56 Å². The topological polar surface area (TPSA) is 90.6 Å². The van der Waals surface area contributed by atoms with Crippen molar-refractivity contribution < 1.29 is 29.0 Å². The third-order valence-electron chi connectivity index (χ3n) is 5.40. The van der Waals surface area contributed by atoms with Gasteiger partial charge < -0.3 is 29.6 Å². The summed E-state index contributed by atoms with van der Waals surface area (Å²) in [6.07, 6.45) is -0.669. The Bertz CT molecular complexity index is 872. The number of piperazine rings is 1. The number of benzene rings is 1. The van der Waals surface area contributed by atoms with E-state index in [2.05, 4.69) is 9.80 Å². The molecule has 2 aliphatic rings. The molecule has 10 heteroatoms. The second-order valence-corrected chi connectivity index (χ2v) is 7.34. The molecule has 30 heavy (non-hydrogen) atoms. The fraction of sp³-hybridized carbons (Fsp3) is 0.450. The van der Waals surface area contributed by atoms with Crippen LogP contribution in [0.3, 0.4) is 0 Å². The zero-order valence-electron chi connectivity index (χ0n) is 16.5. The van der Waals surface area contributed by atoms with E-state index < -0.39 is 6.09 Å². The van der Waals surface area contributed by atoms with E-state index in [1.165, 1.54) is 17.0 Å². The molecule has 0 unspecified atom stereocenters. The maximum atomic E-state index is 14.6. The Hall–Kier alpha value is -2.98. The van der Waals surface area contributed by atoms with Crippen molar-refractivity contribution in [3.63, 3.8) is 0 Å². The lowest BCUT2D eigenvalue weighted by atomic mass is 10.1. The minimum atomic E-state index is -0.669. The van der Waals surface area contributed by atoms with Gasteiger partial charge in [0.2, 0.25) is 11.8 Å². The van der Waals surface area contributed by atoms with Gasteiger partial charge in [0.25, 0.3) is 0 Å². The van der Waals surface area contributed by atoms with Crippen LogP contribution in [0.2, 0.25) is 0 Å². The van der Waals surface area contributed by atoms with Gasteiger partial charge >= 0.3 is 6.09 Å². The van der Waals surface area contributed by atoms with Crippen LogP contribution in [0, 0.1) is 5.82 Å². The van der Waals surface area contributed by atoms with E-state index in [1.54, 1.807) is 6.07 Å². The molecule has 162 valence electrons. The van der Waals surface area contributed by atoms with E-state index in [1.807, 2.05) is 12.1 Å². The summed E-state index contributed by atoms with van der Waals surface area (Å²) in [5, 5.41) is 19.1. The van der Waals surface area contributed by atoms with Crippen molar-refractivity contribution in [1.29, 1.82) is 0 Å². The normalized spacial score (nSPS) is 17.9. The third kappa shape index (κ3) is 4.44. The maximum Gasteiger partial charge on any atom is 0.434 e. The Morgan fingerprint density at radius 2 is 1.67 bits per heavy atom. The van der Waals surface area contributed by atoms with Crippen LogP contribution in [-0.2, 0) is 11.3 Å². The highest BCUT2D eigenvalue weighted by atomic mass is 19.1. The van der Waals surface area contributed by atoms with Crippen LogP contribution in [-0.4, -0.2) is 83.3 Å². The second-order valence-electron chi connectivity index (χ2n) is 7.34. The Kier molecular flexibility index (Phi) is 5.96. The van der Waals surface area contributed by atoms with Crippen molar-refractivity contribution in [2.45, 2.75) is 6.54 Å². The van der Waals surface area contributed by atoms with Crippen LogP contribution in [0.25, 0.3) is 0 Å². The lowest BCUT2D eigenvalue weighted by Crippen LogP contribution is -2.50. The van der Waals surface area contributed by atoms with Gasteiger partial charge in [-0.3, -0.25) is 4.90 Å². The number of nitrogens with zero attached hydrogens (tertiary/aromatic N) is 4. The first-order valence-corrected chi connectivity index (χ1v) is 9.91. The average molecular weight is 420 g/mol. The molecule has 1 aromatic carbocycles. The van der Waals surface area contributed by atoms with E-state index in [0.717, 1.165) is 18.8 Å². The summed E-state index contributed by atoms with van der Waals surface area (Å²) < 4.78 is 20.6. The highest BCUT2D eigenvalue weighted by molar-refractivity contribution is 5.68. The number of rotatable bonds is 4. The Labute approximate surface area is 173 Å². The smallest absolute Gasteiger partial charge is 0.434 e. The molecule has 0 radical (unpaired) electrons. The highest BCUT2D eigenvalue weighted by Gasteiger charge is 2.25. The standard InChI is InChI=1S/C20H25FN4O5/c21-17-13-16(23-9-11-29-12-10-23)2-1-15(17)14-22-5-7-24(8-6-22)20(28)30-25-18(26)3-4-19(25)27/h1-4,13,26-27H,5-12,14H2. The number of carbonyl (C=O) groups is 1. The van der Waals surface area contributed by atoms with Crippen LogP contribution < -0.4 is 9.74 Å². The van der Waals surface area contributed by atoms with E-state index in [9.17, 15) is 19.4 Å². The number of hydrogen-bond donors (Lipinski definition) is 2. The third-order valence-corrected chi connectivity index (χ3v) is 5.40. The molecule has 9 nitrogen and oxygen atoms in total. The summed E-state index contributed by atoms with van der Waals surface area (Å²) in [6, 6.07) is 7.77. The predicted octanol–water partition coefficient (Wildman–Crippen LogP) is 1.24. The molecule has 0 saturated carbocycles. The molecule has 0 atom stereocenters. The van der Waals surface area contributed by atoms with E-state index in [-0.39, 0.29) is 17.6 Å². The fourth-order valence-electron chi connectivity index (χ4n) is 3.64. The number of aromatic hydroxyl groups is 2. The number of aromatic nitrogens is 1. The summed E-state index contributed by atoms with van der Waals surface area (Å²) in [4.78, 5) is 22.9. The van der Waals surface area contributed by atoms with Crippen molar-refractivity contribution in [3.05, 3.63) is 41.7 Å². The molecule has 3 heterocycles. The molecular formula is C20H25FN4O5.